The highest BCUT2D eigenvalue weighted by atomic mass is 35.5. The number of ether oxygens (including phenoxy) is 1. The number of likely N-dealkylation sites (N-methyl/N-ethyl adjacent to an activating group) is 1. The molecule has 3 nitrogen and oxygen atoms in total. The molecule has 0 aliphatic heterocycles. The topological polar surface area (TPSA) is 38.3 Å². The molecule has 88 valence electrons. The van der Waals surface area contributed by atoms with Crippen LogP contribution in [0.25, 0.3) is 0 Å². The van der Waals surface area contributed by atoms with Crippen molar-refractivity contribution in [3.8, 4) is 0 Å². The van der Waals surface area contributed by atoms with Crippen molar-refractivity contribution in [2.75, 3.05) is 14.2 Å². The molecule has 0 radical (unpaired) electrons. The molecule has 1 N–H and O–H groups in total. The van der Waals surface area contributed by atoms with Crippen molar-refractivity contribution in [3.63, 3.8) is 0 Å². The van der Waals surface area contributed by atoms with Crippen LogP contribution < -0.4 is 5.32 Å². The highest BCUT2D eigenvalue weighted by Crippen LogP contribution is 2.31. The number of hydrogen-bond acceptors (Lipinski definition) is 3. The van der Waals surface area contributed by atoms with Crippen molar-refractivity contribution in [2.45, 2.75) is 12.5 Å². The van der Waals surface area contributed by atoms with Gasteiger partial charge in [0.15, 0.2) is 0 Å². The first kappa shape index (κ1) is 13.3. The number of carbonyl (C=O) groups excluding carboxylic acids is 1. The molecule has 0 saturated heterocycles. The van der Waals surface area contributed by atoms with Crippen LogP contribution in [-0.2, 0) is 15.1 Å². The average molecular weight is 262 g/mol. The molecule has 0 bridgehead atoms. The Kier molecular flexibility index (Phi) is 4.19. The number of rotatable bonds is 3. The third-order valence-corrected chi connectivity index (χ3v) is 3.13. The van der Waals surface area contributed by atoms with Gasteiger partial charge in [0.25, 0.3) is 0 Å². The number of esters is 1. The quantitative estimate of drug-likeness (QED) is 0.851. The molecule has 1 aromatic rings. The number of hydrogen-bond donors (Lipinski definition) is 1. The van der Waals surface area contributed by atoms with Crippen LogP contribution in [0.4, 0.5) is 0 Å². The van der Waals surface area contributed by atoms with E-state index in [2.05, 4.69) is 5.32 Å². The van der Waals surface area contributed by atoms with Crippen molar-refractivity contribution < 1.29 is 9.53 Å². The van der Waals surface area contributed by atoms with Gasteiger partial charge in [-0.2, -0.15) is 0 Å². The predicted octanol–water partition coefficient (Wildman–Crippen LogP) is 2.60. The van der Waals surface area contributed by atoms with Gasteiger partial charge in [0.1, 0.15) is 5.54 Å². The normalized spacial score (nSPS) is 14.3. The highest BCUT2D eigenvalue weighted by Gasteiger charge is 2.36. The maximum Gasteiger partial charge on any atom is 0.330 e. The first-order valence-electron chi connectivity index (χ1n) is 4.68. The van der Waals surface area contributed by atoms with Crippen molar-refractivity contribution >= 4 is 29.2 Å². The second-order valence-corrected chi connectivity index (χ2v) is 4.33. The van der Waals surface area contributed by atoms with Crippen LogP contribution in [0.1, 0.15) is 12.5 Å². The zero-order valence-electron chi connectivity index (χ0n) is 9.30. The monoisotopic (exact) mass is 261 g/mol. The summed E-state index contributed by atoms with van der Waals surface area (Å²) in [4.78, 5) is 11.7. The first-order valence-corrected chi connectivity index (χ1v) is 5.44. The van der Waals surface area contributed by atoms with E-state index in [1.807, 2.05) is 0 Å². The standard InChI is InChI=1S/C11H13Cl2NO2/c1-11(14-2,10(15)16-3)8-6-7(12)4-5-9(8)13/h4-6,14H,1-3H3. The summed E-state index contributed by atoms with van der Waals surface area (Å²) >= 11 is 11.9. The molecule has 1 aromatic carbocycles. The largest absolute Gasteiger partial charge is 0.467 e. The van der Waals surface area contributed by atoms with Crippen LogP contribution in [0.3, 0.4) is 0 Å². The summed E-state index contributed by atoms with van der Waals surface area (Å²) in [7, 11) is 2.99. The molecule has 5 heteroatoms. The minimum absolute atomic E-state index is 0.417. The minimum Gasteiger partial charge on any atom is -0.467 e. The Labute approximate surface area is 105 Å². The molecule has 1 rings (SSSR count). The zero-order valence-corrected chi connectivity index (χ0v) is 10.8. The van der Waals surface area contributed by atoms with Gasteiger partial charge < -0.3 is 10.1 Å². The number of carbonyl (C=O) groups is 1. The van der Waals surface area contributed by atoms with E-state index >= 15 is 0 Å². The van der Waals surface area contributed by atoms with E-state index in [9.17, 15) is 4.79 Å². The Hall–Kier alpha value is -0.770. The van der Waals surface area contributed by atoms with Crippen molar-refractivity contribution in [1.82, 2.24) is 5.32 Å². The van der Waals surface area contributed by atoms with Gasteiger partial charge in [-0.3, -0.25) is 0 Å². The molecule has 16 heavy (non-hydrogen) atoms. The van der Waals surface area contributed by atoms with E-state index in [0.717, 1.165) is 0 Å². The third kappa shape index (κ3) is 2.32. The summed E-state index contributed by atoms with van der Waals surface area (Å²) in [5.41, 5.74) is -0.410. The first-order chi connectivity index (χ1) is 7.45. The summed E-state index contributed by atoms with van der Waals surface area (Å²) < 4.78 is 4.75. The molecule has 0 amide bonds. The lowest BCUT2D eigenvalue weighted by Gasteiger charge is -2.27. The smallest absolute Gasteiger partial charge is 0.330 e. The lowest BCUT2D eigenvalue weighted by molar-refractivity contribution is -0.148. The van der Waals surface area contributed by atoms with E-state index in [0.29, 0.717) is 15.6 Å². The van der Waals surface area contributed by atoms with Gasteiger partial charge in [0.05, 0.1) is 7.11 Å². The van der Waals surface area contributed by atoms with Gasteiger partial charge in [-0.1, -0.05) is 23.2 Å². The molecule has 0 aliphatic carbocycles. The summed E-state index contributed by atoms with van der Waals surface area (Å²) in [6.07, 6.45) is 0. The molecule has 0 saturated carbocycles. The number of methoxy groups -OCH3 is 1. The summed E-state index contributed by atoms with van der Waals surface area (Å²) in [6, 6.07) is 4.97. The van der Waals surface area contributed by atoms with E-state index in [1.165, 1.54) is 7.11 Å². The van der Waals surface area contributed by atoms with Crippen molar-refractivity contribution in [2.24, 2.45) is 0 Å². The zero-order chi connectivity index (χ0) is 12.3. The van der Waals surface area contributed by atoms with Crippen LogP contribution in [0.2, 0.25) is 10.0 Å². The molecular formula is C11H13Cl2NO2. The summed E-state index contributed by atoms with van der Waals surface area (Å²) in [5, 5.41) is 3.88. The lowest BCUT2D eigenvalue weighted by atomic mass is 9.92. The molecule has 0 heterocycles. The van der Waals surface area contributed by atoms with Crippen molar-refractivity contribution in [1.29, 1.82) is 0 Å². The SMILES string of the molecule is CNC(C)(C(=O)OC)c1cc(Cl)ccc1Cl. The van der Waals surface area contributed by atoms with Gasteiger partial charge in [-0.25, -0.2) is 4.79 Å². The van der Waals surface area contributed by atoms with Gasteiger partial charge in [-0.15, -0.1) is 0 Å². The lowest BCUT2D eigenvalue weighted by Crippen LogP contribution is -2.45. The molecule has 0 aromatic heterocycles. The van der Waals surface area contributed by atoms with Crippen LogP contribution in [0.15, 0.2) is 18.2 Å². The molecule has 0 aliphatic rings. The minimum atomic E-state index is -1.00. The predicted molar refractivity (Wildman–Crippen MR) is 64.9 cm³/mol. The Morgan fingerprint density at radius 3 is 2.56 bits per heavy atom. The van der Waals surface area contributed by atoms with Crippen LogP contribution in [-0.4, -0.2) is 20.1 Å². The molecule has 1 unspecified atom stereocenters. The van der Waals surface area contributed by atoms with Gasteiger partial charge in [-0.05, 0) is 32.2 Å². The number of benzene rings is 1. The fourth-order valence-corrected chi connectivity index (χ4v) is 1.91. The Morgan fingerprint density at radius 2 is 2.06 bits per heavy atom. The van der Waals surface area contributed by atoms with Gasteiger partial charge in [0.2, 0.25) is 0 Å². The Bertz CT molecular complexity index is 409. The van der Waals surface area contributed by atoms with Crippen LogP contribution in [0.5, 0.6) is 0 Å². The highest BCUT2D eigenvalue weighted by molar-refractivity contribution is 6.33. The molecular weight excluding hydrogens is 249 g/mol. The second-order valence-electron chi connectivity index (χ2n) is 3.49. The fourth-order valence-electron chi connectivity index (χ4n) is 1.43. The van der Waals surface area contributed by atoms with Gasteiger partial charge in [0, 0.05) is 15.6 Å². The number of halogens is 2. The van der Waals surface area contributed by atoms with Gasteiger partial charge >= 0.3 is 5.97 Å². The molecule has 0 spiro atoms. The van der Waals surface area contributed by atoms with Crippen LogP contribution >= 0.6 is 23.2 Å². The maximum atomic E-state index is 11.7. The Balaban J connectivity index is 3.32. The fraction of sp³-hybridized carbons (Fsp3) is 0.364. The van der Waals surface area contributed by atoms with E-state index in [1.54, 1.807) is 32.2 Å². The van der Waals surface area contributed by atoms with Crippen molar-refractivity contribution in [3.05, 3.63) is 33.8 Å². The number of nitrogens with one attached hydrogen (secondary N) is 1. The Morgan fingerprint density at radius 1 is 1.44 bits per heavy atom. The van der Waals surface area contributed by atoms with E-state index in [-0.39, 0.29) is 0 Å². The summed E-state index contributed by atoms with van der Waals surface area (Å²) in [6.45, 7) is 1.69. The molecule has 1 atom stereocenters. The van der Waals surface area contributed by atoms with E-state index in [4.69, 9.17) is 27.9 Å². The third-order valence-electron chi connectivity index (χ3n) is 2.56. The van der Waals surface area contributed by atoms with E-state index < -0.39 is 11.5 Å². The summed E-state index contributed by atoms with van der Waals surface area (Å²) in [5.74, 6) is -0.417. The van der Waals surface area contributed by atoms with Crippen LogP contribution in [0, 0.1) is 0 Å². The average Bonchev–Trinajstić information content (AvgIpc) is 2.30. The maximum absolute atomic E-state index is 11.7. The molecule has 0 fully saturated rings. The second kappa shape index (κ2) is 5.04.